The molecule has 1 aromatic rings. The van der Waals surface area contributed by atoms with E-state index in [0.29, 0.717) is 13.0 Å². The van der Waals surface area contributed by atoms with Crippen molar-refractivity contribution in [3.05, 3.63) is 18.1 Å². The second-order valence-electron chi connectivity index (χ2n) is 4.66. The summed E-state index contributed by atoms with van der Waals surface area (Å²) >= 11 is 0. The van der Waals surface area contributed by atoms with Gasteiger partial charge < -0.3 is 10.2 Å². The number of hydrogen-bond donors (Lipinski definition) is 1. The molecule has 5 heteroatoms. The summed E-state index contributed by atoms with van der Waals surface area (Å²) in [5, 5.41) is 3.16. The van der Waals surface area contributed by atoms with Crippen LogP contribution in [0.3, 0.4) is 0 Å². The van der Waals surface area contributed by atoms with Crippen molar-refractivity contribution in [1.29, 1.82) is 0 Å². The van der Waals surface area contributed by atoms with E-state index >= 15 is 0 Å². The maximum atomic E-state index is 11.9. The molecule has 0 aromatic carbocycles. The Labute approximate surface area is 108 Å². The van der Waals surface area contributed by atoms with Gasteiger partial charge in [0.15, 0.2) is 0 Å². The Morgan fingerprint density at radius 2 is 2.11 bits per heavy atom. The van der Waals surface area contributed by atoms with Gasteiger partial charge in [0.1, 0.15) is 12.1 Å². The van der Waals surface area contributed by atoms with E-state index in [1.807, 2.05) is 17.9 Å². The SMILES string of the molecule is Cc1cc(NCCC(=O)N2CCCCC2)ncn1. The molecule has 1 saturated heterocycles. The molecule has 0 unspecified atom stereocenters. The third kappa shape index (κ3) is 3.68. The highest BCUT2D eigenvalue weighted by molar-refractivity contribution is 5.76. The van der Waals surface area contributed by atoms with E-state index in [2.05, 4.69) is 15.3 Å². The van der Waals surface area contributed by atoms with Crippen LogP contribution in [-0.2, 0) is 4.79 Å². The minimum absolute atomic E-state index is 0.243. The summed E-state index contributed by atoms with van der Waals surface area (Å²) in [6.45, 7) is 4.40. The van der Waals surface area contributed by atoms with E-state index in [4.69, 9.17) is 0 Å². The van der Waals surface area contributed by atoms with Crippen molar-refractivity contribution in [1.82, 2.24) is 14.9 Å². The molecule has 1 aromatic heterocycles. The number of amides is 1. The highest BCUT2D eigenvalue weighted by Gasteiger charge is 2.15. The lowest BCUT2D eigenvalue weighted by molar-refractivity contribution is -0.131. The Kier molecular flexibility index (Phi) is 4.50. The topological polar surface area (TPSA) is 58.1 Å². The molecule has 2 heterocycles. The first-order valence-corrected chi connectivity index (χ1v) is 6.56. The van der Waals surface area contributed by atoms with Crippen molar-refractivity contribution in [3.63, 3.8) is 0 Å². The second kappa shape index (κ2) is 6.33. The molecule has 0 atom stereocenters. The number of rotatable bonds is 4. The molecular weight excluding hydrogens is 228 g/mol. The van der Waals surface area contributed by atoms with Crippen molar-refractivity contribution in [2.45, 2.75) is 32.6 Å². The summed E-state index contributed by atoms with van der Waals surface area (Å²) in [4.78, 5) is 22.0. The van der Waals surface area contributed by atoms with Gasteiger partial charge in [-0.25, -0.2) is 9.97 Å². The van der Waals surface area contributed by atoms with Crippen LogP contribution >= 0.6 is 0 Å². The smallest absolute Gasteiger partial charge is 0.224 e. The van der Waals surface area contributed by atoms with Gasteiger partial charge in [-0.3, -0.25) is 4.79 Å². The number of carbonyl (C=O) groups is 1. The maximum Gasteiger partial charge on any atom is 0.224 e. The fourth-order valence-electron chi connectivity index (χ4n) is 2.15. The highest BCUT2D eigenvalue weighted by atomic mass is 16.2. The first-order valence-electron chi connectivity index (χ1n) is 6.56. The summed E-state index contributed by atoms with van der Waals surface area (Å²) in [6, 6.07) is 1.88. The number of carbonyl (C=O) groups excluding carboxylic acids is 1. The Bertz CT molecular complexity index is 402. The standard InChI is InChI=1S/C13H20N4O/c1-11-9-12(16-10-15-11)14-6-5-13(18)17-7-3-2-4-8-17/h9-10H,2-8H2,1H3,(H,14,15,16). The maximum absolute atomic E-state index is 11.9. The van der Waals surface area contributed by atoms with Gasteiger partial charge in [-0.2, -0.15) is 0 Å². The Balaban J connectivity index is 1.73. The van der Waals surface area contributed by atoms with Gasteiger partial charge in [0.05, 0.1) is 0 Å². The first kappa shape index (κ1) is 12.8. The minimum Gasteiger partial charge on any atom is -0.369 e. The summed E-state index contributed by atoms with van der Waals surface area (Å²) in [5.74, 6) is 1.03. The van der Waals surface area contributed by atoms with Crippen LogP contribution in [-0.4, -0.2) is 40.4 Å². The molecule has 0 bridgehead atoms. The zero-order valence-corrected chi connectivity index (χ0v) is 10.9. The van der Waals surface area contributed by atoms with E-state index in [9.17, 15) is 4.79 Å². The largest absolute Gasteiger partial charge is 0.369 e. The number of nitrogens with one attached hydrogen (secondary N) is 1. The Hall–Kier alpha value is -1.65. The molecule has 18 heavy (non-hydrogen) atoms. The molecule has 98 valence electrons. The number of piperidine rings is 1. The molecule has 1 fully saturated rings. The molecule has 2 rings (SSSR count). The molecule has 5 nitrogen and oxygen atoms in total. The van der Waals surface area contributed by atoms with Crippen molar-refractivity contribution in [3.8, 4) is 0 Å². The average molecular weight is 248 g/mol. The summed E-state index contributed by atoms with van der Waals surface area (Å²) in [5.41, 5.74) is 0.926. The number of anilines is 1. The third-order valence-corrected chi connectivity index (χ3v) is 3.16. The molecule has 0 aliphatic carbocycles. The minimum atomic E-state index is 0.243. The van der Waals surface area contributed by atoms with Crippen LogP contribution in [0.5, 0.6) is 0 Å². The van der Waals surface area contributed by atoms with E-state index in [0.717, 1.165) is 37.4 Å². The summed E-state index contributed by atoms with van der Waals surface area (Å²) < 4.78 is 0. The lowest BCUT2D eigenvalue weighted by Crippen LogP contribution is -2.36. The molecule has 0 saturated carbocycles. The summed E-state index contributed by atoms with van der Waals surface area (Å²) in [6.07, 6.45) is 5.60. The molecule has 1 aliphatic heterocycles. The van der Waals surface area contributed by atoms with Crippen molar-refractivity contribution in [2.24, 2.45) is 0 Å². The van der Waals surface area contributed by atoms with Gasteiger partial charge in [0, 0.05) is 37.8 Å². The molecule has 1 amide bonds. The van der Waals surface area contributed by atoms with E-state index in [1.165, 1.54) is 12.7 Å². The number of aromatic nitrogens is 2. The fraction of sp³-hybridized carbons (Fsp3) is 0.615. The van der Waals surface area contributed by atoms with Crippen molar-refractivity contribution in [2.75, 3.05) is 25.0 Å². The van der Waals surface area contributed by atoms with Crippen molar-refractivity contribution < 1.29 is 4.79 Å². The lowest BCUT2D eigenvalue weighted by atomic mass is 10.1. The van der Waals surface area contributed by atoms with Gasteiger partial charge in [0.2, 0.25) is 5.91 Å². The van der Waals surface area contributed by atoms with Gasteiger partial charge in [-0.1, -0.05) is 0 Å². The molecule has 0 spiro atoms. The van der Waals surface area contributed by atoms with Gasteiger partial charge >= 0.3 is 0 Å². The van der Waals surface area contributed by atoms with Crippen LogP contribution in [0, 0.1) is 6.92 Å². The van der Waals surface area contributed by atoms with Crippen LogP contribution in [0.1, 0.15) is 31.4 Å². The number of hydrogen-bond acceptors (Lipinski definition) is 4. The predicted molar refractivity (Wildman–Crippen MR) is 70.3 cm³/mol. The van der Waals surface area contributed by atoms with E-state index < -0.39 is 0 Å². The zero-order valence-electron chi connectivity index (χ0n) is 10.9. The van der Waals surface area contributed by atoms with Crippen LogP contribution in [0.4, 0.5) is 5.82 Å². The zero-order chi connectivity index (χ0) is 12.8. The van der Waals surface area contributed by atoms with Crippen LogP contribution in [0.15, 0.2) is 12.4 Å². The van der Waals surface area contributed by atoms with E-state index in [-0.39, 0.29) is 5.91 Å². The number of likely N-dealkylation sites (tertiary alicyclic amines) is 1. The lowest BCUT2D eigenvalue weighted by Gasteiger charge is -2.26. The number of aryl methyl sites for hydroxylation is 1. The Morgan fingerprint density at radius 3 is 2.83 bits per heavy atom. The van der Waals surface area contributed by atoms with Gasteiger partial charge in [-0.05, 0) is 26.2 Å². The predicted octanol–water partition coefficient (Wildman–Crippen LogP) is 1.60. The Morgan fingerprint density at radius 1 is 1.33 bits per heavy atom. The fourth-order valence-corrected chi connectivity index (χ4v) is 2.15. The van der Waals surface area contributed by atoms with Gasteiger partial charge in [0.25, 0.3) is 0 Å². The van der Waals surface area contributed by atoms with Crippen LogP contribution < -0.4 is 5.32 Å². The normalized spacial score (nSPS) is 15.5. The third-order valence-electron chi connectivity index (χ3n) is 3.16. The molecule has 1 N–H and O–H groups in total. The average Bonchev–Trinajstić information content (AvgIpc) is 2.40. The molecule has 1 aliphatic rings. The van der Waals surface area contributed by atoms with Gasteiger partial charge in [-0.15, -0.1) is 0 Å². The van der Waals surface area contributed by atoms with Crippen LogP contribution in [0.2, 0.25) is 0 Å². The molecular formula is C13H20N4O. The molecule has 0 radical (unpaired) electrons. The van der Waals surface area contributed by atoms with Crippen molar-refractivity contribution >= 4 is 11.7 Å². The monoisotopic (exact) mass is 248 g/mol. The van der Waals surface area contributed by atoms with Crippen LogP contribution in [0.25, 0.3) is 0 Å². The first-order chi connectivity index (χ1) is 8.75. The second-order valence-corrected chi connectivity index (χ2v) is 4.66. The van der Waals surface area contributed by atoms with E-state index in [1.54, 1.807) is 0 Å². The highest BCUT2D eigenvalue weighted by Crippen LogP contribution is 2.10. The number of nitrogens with zero attached hydrogens (tertiary/aromatic N) is 3. The quantitative estimate of drug-likeness (QED) is 0.879. The summed E-state index contributed by atoms with van der Waals surface area (Å²) in [7, 11) is 0.